The molecule has 0 bridgehead atoms. The summed E-state index contributed by atoms with van der Waals surface area (Å²) >= 11 is 0. The summed E-state index contributed by atoms with van der Waals surface area (Å²) in [6.07, 6.45) is -0.597. The van der Waals surface area contributed by atoms with Crippen LogP contribution in [0.3, 0.4) is 0 Å². The molecule has 0 radical (unpaired) electrons. The van der Waals surface area contributed by atoms with Crippen molar-refractivity contribution < 1.29 is 19.4 Å². The first-order valence-electron chi connectivity index (χ1n) is 6.74. The van der Waals surface area contributed by atoms with Crippen LogP contribution in [0.5, 0.6) is 5.75 Å². The second-order valence-electron chi connectivity index (χ2n) is 4.99. The molecule has 0 spiro atoms. The standard InChI is InChI=1S/C14H19N3O4/c1-2-21-11-4-8(3-9(15)5-11)14(20)17-7-10(18)6-12(17)13(16)19/h3-5,10,12,18H,2,6-7,15H2,1H3,(H2,16,19). The molecule has 2 unspecified atom stereocenters. The first kappa shape index (κ1) is 15.1. The number of nitrogens with zero attached hydrogens (tertiary/aromatic N) is 1. The van der Waals surface area contributed by atoms with Crippen molar-refractivity contribution in [2.75, 3.05) is 18.9 Å². The van der Waals surface area contributed by atoms with Gasteiger partial charge in [-0.1, -0.05) is 0 Å². The van der Waals surface area contributed by atoms with Crippen LogP contribution in [0.25, 0.3) is 0 Å². The minimum absolute atomic E-state index is 0.0746. The summed E-state index contributed by atoms with van der Waals surface area (Å²) in [5.41, 5.74) is 11.7. The molecule has 1 aliphatic heterocycles. The Morgan fingerprint density at radius 3 is 2.76 bits per heavy atom. The molecular weight excluding hydrogens is 274 g/mol. The fraction of sp³-hybridized carbons (Fsp3) is 0.429. The van der Waals surface area contributed by atoms with Gasteiger partial charge >= 0.3 is 0 Å². The highest BCUT2D eigenvalue weighted by Crippen LogP contribution is 2.24. The monoisotopic (exact) mass is 293 g/mol. The molecule has 2 amide bonds. The highest BCUT2D eigenvalue weighted by atomic mass is 16.5. The van der Waals surface area contributed by atoms with E-state index >= 15 is 0 Å². The maximum atomic E-state index is 12.5. The molecule has 1 aromatic carbocycles. The summed E-state index contributed by atoms with van der Waals surface area (Å²) in [6.45, 7) is 2.35. The number of likely N-dealkylation sites (tertiary alicyclic amines) is 1. The quantitative estimate of drug-likeness (QED) is 0.660. The molecule has 1 heterocycles. The number of primary amides is 1. The molecule has 2 rings (SSSR count). The SMILES string of the molecule is CCOc1cc(N)cc(C(=O)N2CC(O)CC2C(N)=O)c1. The van der Waals surface area contributed by atoms with E-state index < -0.39 is 24.0 Å². The summed E-state index contributed by atoms with van der Waals surface area (Å²) < 4.78 is 5.34. The van der Waals surface area contributed by atoms with Crippen molar-refractivity contribution >= 4 is 17.5 Å². The first-order valence-corrected chi connectivity index (χ1v) is 6.74. The Labute approximate surface area is 122 Å². The Hall–Kier alpha value is -2.28. The maximum absolute atomic E-state index is 12.5. The number of amides is 2. The van der Waals surface area contributed by atoms with E-state index in [2.05, 4.69) is 0 Å². The van der Waals surface area contributed by atoms with Gasteiger partial charge in [0.05, 0.1) is 12.7 Å². The smallest absolute Gasteiger partial charge is 0.254 e. The average Bonchev–Trinajstić information content (AvgIpc) is 2.80. The number of hydrogen-bond acceptors (Lipinski definition) is 5. The van der Waals surface area contributed by atoms with Crippen LogP contribution in [0.4, 0.5) is 5.69 Å². The van der Waals surface area contributed by atoms with Gasteiger partial charge in [-0.3, -0.25) is 9.59 Å². The molecule has 5 N–H and O–H groups in total. The fourth-order valence-corrected chi connectivity index (χ4v) is 2.47. The van der Waals surface area contributed by atoms with Crippen molar-refractivity contribution in [2.45, 2.75) is 25.5 Å². The molecule has 1 saturated heterocycles. The fourth-order valence-electron chi connectivity index (χ4n) is 2.47. The zero-order valence-electron chi connectivity index (χ0n) is 11.8. The van der Waals surface area contributed by atoms with Gasteiger partial charge in [0.2, 0.25) is 5.91 Å². The van der Waals surface area contributed by atoms with E-state index in [0.717, 1.165) is 0 Å². The van der Waals surface area contributed by atoms with Gasteiger partial charge in [-0.05, 0) is 19.1 Å². The normalized spacial score (nSPS) is 21.3. The third-order valence-electron chi connectivity index (χ3n) is 3.36. The number of aliphatic hydroxyl groups excluding tert-OH is 1. The Morgan fingerprint density at radius 2 is 2.14 bits per heavy atom. The zero-order valence-corrected chi connectivity index (χ0v) is 11.8. The van der Waals surface area contributed by atoms with Crippen molar-refractivity contribution in [3.05, 3.63) is 23.8 Å². The number of benzene rings is 1. The number of carbonyl (C=O) groups excluding carboxylic acids is 2. The molecular formula is C14H19N3O4. The van der Waals surface area contributed by atoms with Gasteiger partial charge in [-0.15, -0.1) is 0 Å². The van der Waals surface area contributed by atoms with Crippen LogP contribution in [0, 0.1) is 0 Å². The Bertz CT molecular complexity index is 561. The van der Waals surface area contributed by atoms with Crippen LogP contribution in [-0.4, -0.2) is 47.1 Å². The van der Waals surface area contributed by atoms with Crippen LogP contribution in [0.15, 0.2) is 18.2 Å². The number of nitrogen functional groups attached to an aromatic ring is 1. The second-order valence-corrected chi connectivity index (χ2v) is 4.99. The molecule has 1 aliphatic rings. The average molecular weight is 293 g/mol. The predicted molar refractivity (Wildman–Crippen MR) is 76.7 cm³/mol. The molecule has 1 fully saturated rings. The van der Waals surface area contributed by atoms with Gasteiger partial charge in [0.15, 0.2) is 0 Å². The van der Waals surface area contributed by atoms with Gasteiger partial charge in [0.25, 0.3) is 5.91 Å². The summed E-state index contributed by atoms with van der Waals surface area (Å²) in [5.74, 6) is -0.548. The topological polar surface area (TPSA) is 119 Å². The third kappa shape index (κ3) is 3.25. The first-order chi connectivity index (χ1) is 9.92. The van der Waals surface area contributed by atoms with Gasteiger partial charge < -0.3 is 26.2 Å². The molecule has 7 heteroatoms. The number of nitrogens with two attached hydrogens (primary N) is 2. The Kier molecular flexibility index (Phi) is 4.32. The van der Waals surface area contributed by atoms with Crippen LogP contribution in [0.1, 0.15) is 23.7 Å². The molecule has 21 heavy (non-hydrogen) atoms. The minimum atomic E-state index is -0.801. The summed E-state index contributed by atoms with van der Waals surface area (Å²) in [6, 6.07) is 3.88. The van der Waals surface area contributed by atoms with Crippen molar-refractivity contribution in [3.63, 3.8) is 0 Å². The lowest BCUT2D eigenvalue weighted by molar-refractivity contribution is -0.121. The number of β-amino-alcohol motifs (C(OH)–C–C–N with tert-alkyl or cyclic N) is 1. The minimum Gasteiger partial charge on any atom is -0.494 e. The van der Waals surface area contributed by atoms with E-state index in [4.69, 9.17) is 16.2 Å². The van der Waals surface area contributed by atoms with E-state index in [1.54, 1.807) is 12.1 Å². The molecule has 0 aliphatic carbocycles. The van der Waals surface area contributed by atoms with E-state index in [9.17, 15) is 14.7 Å². The number of anilines is 1. The molecule has 7 nitrogen and oxygen atoms in total. The van der Waals surface area contributed by atoms with Crippen LogP contribution < -0.4 is 16.2 Å². The molecule has 0 aromatic heterocycles. The molecule has 1 aromatic rings. The highest BCUT2D eigenvalue weighted by molar-refractivity contribution is 5.98. The summed E-state index contributed by atoms with van der Waals surface area (Å²) in [7, 11) is 0. The largest absolute Gasteiger partial charge is 0.494 e. The van der Waals surface area contributed by atoms with Gasteiger partial charge in [0, 0.05) is 30.3 Å². The second kappa shape index (κ2) is 6.01. The zero-order chi connectivity index (χ0) is 15.6. The number of hydrogen-bond donors (Lipinski definition) is 3. The summed E-state index contributed by atoms with van der Waals surface area (Å²) in [5, 5.41) is 9.66. The lowest BCUT2D eigenvalue weighted by Gasteiger charge is -2.22. The van der Waals surface area contributed by atoms with Gasteiger partial charge in [-0.2, -0.15) is 0 Å². The lowest BCUT2D eigenvalue weighted by atomic mass is 10.1. The Morgan fingerprint density at radius 1 is 1.43 bits per heavy atom. The van der Waals surface area contributed by atoms with Crippen LogP contribution in [0.2, 0.25) is 0 Å². The Balaban J connectivity index is 2.28. The van der Waals surface area contributed by atoms with E-state index in [1.165, 1.54) is 11.0 Å². The van der Waals surface area contributed by atoms with E-state index in [0.29, 0.717) is 23.6 Å². The summed E-state index contributed by atoms with van der Waals surface area (Å²) in [4.78, 5) is 25.2. The van der Waals surface area contributed by atoms with E-state index in [-0.39, 0.29) is 13.0 Å². The van der Waals surface area contributed by atoms with Crippen molar-refractivity contribution in [2.24, 2.45) is 5.73 Å². The number of ether oxygens (including phenoxy) is 1. The van der Waals surface area contributed by atoms with Crippen LogP contribution >= 0.6 is 0 Å². The highest BCUT2D eigenvalue weighted by Gasteiger charge is 2.38. The molecule has 2 atom stereocenters. The van der Waals surface area contributed by atoms with Crippen molar-refractivity contribution in [1.29, 1.82) is 0 Å². The van der Waals surface area contributed by atoms with Crippen molar-refractivity contribution in [1.82, 2.24) is 4.90 Å². The molecule has 0 saturated carbocycles. The third-order valence-corrected chi connectivity index (χ3v) is 3.36. The maximum Gasteiger partial charge on any atom is 0.254 e. The van der Waals surface area contributed by atoms with Crippen LogP contribution in [-0.2, 0) is 4.79 Å². The van der Waals surface area contributed by atoms with Gasteiger partial charge in [-0.25, -0.2) is 0 Å². The van der Waals surface area contributed by atoms with E-state index in [1.807, 2.05) is 6.92 Å². The lowest BCUT2D eigenvalue weighted by Crippen LogP contribution is -2.43. The van der Waals surface area contributed by atoms with Crippen molar-refractivity contribution in [3.8, 4) is 5.75 Å². The number of carbonyl (C=O) groups is 2. The predicted octanol–water partition coefficient (Wildman–Crippen LogP) is -0.272. The number of aliphatic hydroxyl groups is 1. The van der Waals surface area contributed by atoms with Gasteiger partial charge in [0.1, 0.15) is 11.8 Å². The molecule has 114 valence electrons. The number of rotatable bonds is 4.